The maximum absolute atomic E-state index is 4.48. The van der Waals surface area contributed by atoms with Gasteiger partial charge in [-0.1, -0.05) is 13.0 Å². The molecule has 0 radical (unpaired) electrons. The van der Waals surface area contributed by atoms with E-state index in [2.05, 4.69) is 52.0 Å². The fourth-order valence-corrected chi connectivity index (χ4v) is 2.34. The van der Waals surface area contributed by atoms with E-state index in [0.717, 1.165) is 24.6 Å². The Morgan fingerprint density at radius 3 is 2.89 bits per heavy atom. The molecule has 2 aromatic rings. The van der Waals surface area contributed by atoms with E-state index in [-0.39, 0.29) is 6.04 Å². The second-order valence-electron chi connectivity index (χ2n) is 4.10. The molecule has 0 aliphatic carbocycles. The van der Waals surface area contributed by atoms with Crippen LogP contribution in [0.2, 0.25) is 0 Å². The SMILES string of the molecule is CCCNc1cncc(NC(C)c2cccs2)n1. The number of nitrogens with one attached hydrogen (secondary N) is 2. The predicted molar refractivity (Wildman–Crippen MR) is 77.2 cm³/mol. The summed E-state index contributed by atoms with van der Waals surface area (Å²) < 4.78 is 0. The highest BCUT2D eigenvalue weighted by Gasteiger charge is 2.07. The summed E-state index contributed by atoms with van der Waals surface area (Å²) in [4.78, 5) is 9.96. The van der Waals surface area contributed by atoms with Crippen LogP contribution < -0.4 is 10.6 Å². The Balaban J connectivity index is 2.00. The number of thiophene rings is 1. The quantitative estimate of drug-likeness (QED) is 0.836. The number of hydrogen-bond acceptors (Lipinski definition) is 5. The summed E-state index contributed by atoms with van der Waals surface area (Å²) in [6, 6.07) is 4.43. The zero-order valence-electron chi connectivity index (χ0n) is 10.7. The van der Waals surface area contributed by atoms with E-state index in [0.29, 0.717) is 0 Å². The monoisotopic (exact) mass is 262 g/mol. The van der Waals surface area contributed by atoms with E-state index in [1.165, 1.54) is 4.88 Å². The van der Waals surface area contributed by atoms with Crippen LogP contribution in [-0.4, -0.2) is 16.5 Å². The molecule has 0 aromatic carbocycles. The normalized spacial score (nSPS) is 12.1. The first kappa shape index (κ1) is 12.8. The molecule has 18 heavy (non-hydrogen) atoms. The first-order chi connectivity index (χ1) is 8.79. The molecule has 0 saturated heterocycles. The van der Waals surface area contributed by atoms with Gasteiger partial charge in [-0.15, -0.1) is 11.3 Å². The molecule has 0 bridgehead atoms. The third-order valence-corrected chi connectivity index (χ3v) is 3.58. The van der Waals surface area contributed by atoms with Crippen LogP contribution in [0.3, 0.4) is 0 Å². The predicted octanol–water partition coefficient (Wildman–Crippen LogP) is 3.53. The van der Waals surface area contributed by atoms with Crippen molar-refractivity contribution in [3.05, 3.63) is 34.8 Å². The van der Waals surface area contributed by atoms with Gasteiger partial charge in [-0.05, 0) is 24.8 Å². The third-order valence-electron chi connectivity index (χ3n) is 2.53. The average molecular weight is 262 g/mol. The van der Waals surface area contributed by atoms with Gasteiger partial charge < -0.3 is 10.6 Å². The van der Waals surface area contributed by atoms with Crippen molar-refractivity contribution in [3.8, 4) is 0 Å². The van der Waals surface area contributed by atoms with Crippen LogP contribution in [0.1, 0.15) is 31.2 Å². The van der Waals surface area contributed by atoms with Crippen molar-refractivity contribution in [3.63, 3.8) is 0 Å². The van der Waals surface area contributed by atoms with Gasteiger partial charge in [-0.25, -0.2) is 4.98 Å². The van der Waals surface area contributed by atoms with Gasteiger partial charge in [0.1, 0.15) is 11.6 Å². The van der Waals surface area contributed by atoms with Crippen molar-refractivity contribution in [2.24, 2.45) is 0 Å². The lowest BCUT2D eigenvalue weighted by molar-refractivity contribution is 0.890. The summed E-state index contributed by atoms with van der Waals surface area (Å²) in [6.07, 6.45) is 4.57. The molecule has 2 aromatic heterocycles. The number of rotatable bonds is 6. The Labute approximate surface area is 111 Å². The highest BCUT2D eigenvalue weighted by atomic mass is 32.1. The Kier molecular flexibility index (Phi) is 4.52. The third kappa shape index (κ3) is 3.43. The van der Waals surface area contributed by atoms with Gasteiger partial charge in [0.2, 0.25) is 0 Å². The second-order valence-corrected chi connectivity index (χ2v) is 5.08. The van der Waals surface area contributed by atoms with E-state index in [1.807, 2.05) is 0 Å². The van der Waals surface area contributed by atoms with Crippen molar-refractivity contribution in [1.29, 1.82) is 0 Å². The molecule has 2 N–H and O–H groups in total. The highest BCUT2D eigenvalue weighted by Crippen LogP contribution is 2.22. The van der Waals surface area contributed by atoms with Gasteiger partial charge in [0.15, 0.2) is 0 Å². The molecule has 4 nitrogen and oxygen atoms in total. The minimum absolute atomic E-state index is 0.251. The smallest absolute Gasteiger partial charge is 0.147 e. The lowest BCUT2D eigenvalue weighted by atomic mass is 10.3. The summed E-state index contributed by atoms with van der Waals surface area (Å²) in [6.45, 7) is 5.17. The van der Waals surface area contributed by atoms with Crippen LogP contribution in [0, 0.1) is 0 Å². The van der Waals surface area contributed by atoms with E-state index in [9.17, 15) is 0 Å². The van der Waals surface area contributed by atoms with Crippen molar-refractivity contribution in [2.75, 3.05) is 17.2 Å². The lowest BCUT2D eigenvalue weighted by Gasteiger charge is -2.13. The largest absolute Gasteiger partial charge is 0.369 e. The molecule has 0 amide bonds. The average Bonchev–Trinajstić information content (AvgIpc) is 2.91. The lowest BCUT2D eigenvalue weighted by Crippen LogP contribution is -2.09. The first-order valence-electron chi connectivity index (χ1n) is 6.15. The first-order valence-corrected chi connectivity index (χ1v) is 7.03. The number of aromatic nitrogens is 2. The molecule has 5 heteroatoms. The van der Waals surface area contributed by atoms with Crippen molar-refractivity contribution < 1.29 is 0 Å². The molecule has 2 heterocycles. The molecular formula is C13H18N4S. The van der Waals surface area contributed by atoms with E-state index >= 15 is 0 Å². The van der Waals surface area contributed by atoms with Gasteiger partial charge in [-0.3, -0.25) is 4.98 Å². The van der Waals surface area contributed by atoms with Crippen LogP contribution in [0.4, 0.5) is 11.6 Å². The summed E-state index contributed by atoms with van der Waals surface area (Å²) in [5.74, 6) is 1.62. The highest BCUT2D eigenvalue weighted by molar-refractivity contribution is 7.10. The molecule has 2 rings (SSSR count). The van der Waals surface area contributed by atoms with Gasteiger partial charge in [0, 0.05) is 11.4 Å². The van der Waals surface area contributed by atoms with Gasteiger partial charge >= 0.3 is 0 Å². The van der Waals surface area contributed by atoms with Crippen LogP contribution >= 0.6 is 11.3 Å². The standard InChI is InChI=1S/C13H18N4S/c1-3-6-15-12-8-14-9-13(17-12)16-10(2)11-5-4-7-18-11/h4-5,7-10H,3,6H2,1-2H3,(H2,15,16,17). The maximum atomic E-state index is 4.48. The molecular weight excluding hydrogens is 244 g/mol. The van der Waals surface area contributed by atoms with Gasteiger partial charge in [0.25, 0.3) is 0 Å². The summed E-state index contributed by atoms with van der Waals surface area (Å²) in [7, 11) is 0. The zero-order valence-corrected chi connectivity index (χ0v) is 11.5. The van der Waals surface area contributed by atoms with Crippen molar-refractivity contribution >= 4 is 23.0 Å². The molecule has 0 fully saturated rings. The number of hydrogen-bond donors (Lipinski definition) is 2. The Morgan fingerprint density at radius 2 is 2.17 bits per heavy atom. The van der Waals surface area contributed by atoms with E-state index in [1.54, 1.807) is 23.7 Å². The van der Waals surface area contributed by atoms with Gasteiger partial charge in [-0.2, -0.15) is 0 Å². The molecule has 0 aliphatic heterocycles. The Hall–Kier alpha value is -1.62. The molecule has 1 atom stereocenters. The fraction of sp³-hybridized carbons (Fsp3) is 0.385. The van der Waals surface area contributed by atoms with Gasteiger partial charge in [0.05, 0.1) is 18.4 Å². The molecule has 0 saturated carbocycles. The van der Waals surface area contributed by atoms with Crippen LogP contribution in [0.5, 0.6) is 0 Å². The fourth-order valence-electron chi connectivity index (χ4n) is 1.60. The zero-order chi connectivity index (χ0) is 12.8. The Bertz CT molecular complexity index is 470. The topological polar surface area (TPSA) is 49.8 Å². The number of nitrogens with zero attached hydrogens (tertiary/aromatic N) is 2. The van der Waals surface area contributed by atoms with Crippen LogP contribution in [0.15, 0.2) is 29.9 Å². The minimum Gasteiger partial charge on any atom is -0.369 e. The molecule has 96 valence electrons. The molecule has 1 unspecified atom stereocenters. The second kappa shape index (κ2) is 6.35. The van der Waals surface area contributed by atoms with Crippen molar-refractivity contribution in [2.45, 2.75) is 26.3 Å². The summed E-state index contributed by atoms with van der Waals surface area (Å²) >= 11 is 1.74. The maximum Gasteiger partial charge on any atom is 0.147 e. The summed E-state index contributed by atoms with van der Waals surface area (Å²) in [5.41, 5.74) is 0. The minimum atomic E-state index is 0.251. The summed E-state index contributed by atoms with van der Waals surface area (Å²) in [5, 5.41) is 8.67. The Morgan fingerprint density at radius 1 is 1.33 bits per heavy atom. The van der Waals surface area contributed by atoms with Crippen LogP contribution in [-0.2, 0) is 0 Å². The number of anilines is 2. The van der Waals surface area contributed by atoms with Crippen LogP contribution in [0.25, 0.3) is 0 Å². The van der Waals surface area contributed by atoms with E-state index in [4.69, 9.17) is 0 Å². The van der Waals surface area contributed by atoms with Crippen molar-refractivity contribution in [1.82, 2.24) is 9.97 Å². The molecule has 0 aliphatic rings. The molecule has 0 spiro atoms. The van der Waals surface area contributed by atoms with E-state index < -0.39 is 0 Å².